The fraction of sp³-hybridized carbons (Fsp3) is 0.700. The zero-order chi connectivity index (χ0) is 10.1. The van der Waals surface area contributed by atoms with Crippen molar-refractivity contribution in [2.75, 3.05) is 6.61 Å². The first kappa shape index (κ1) is 9.68. The molecule has 0 bridgehead atoms. The summed E-state index contributed by atoms with van der Waals surface area (Å²) in [5, 5.41) is 4.28. The normalized spacial score (nSPS) is 27.4. The lowest BCUT2D eigenvalue weighted by Gasteiger charge is -2.11. The first-order valence-corrected chi connectivity index (χ1v) is 5.09. The van der Waals surface area contributed by atoms with Crippen LogP contribution in [0, 0.1) is 0 Å². The summed E-state index contributed by atoms with van der Waals surface area (Å²) in [6.07, 6.45) is 4.87. The van der Waals surface area contributed by atoms with Crippen LogP contribution < -0.4 is 5.73 Å². The van der Waals surface area contributed by atoms with Crippen molar-refractivity contribution in [3.63, 3.8) is 0 Å². The summed E-state index contributed by atoms with van der Waals surface area (Å²) in [5.41, 5.74) is 7.03. The average molecular weight is 195 g/mol. The molecule has 0 spiro atoms. The number of ether oxygens (including phenoxy) is 1. The van der Waals surface area contributed by atoms with Crippen LogP contribution in [0.4, 0.5) is 0 Å². The SMILES string of the molecule is CC(C)n1cc(C2OCCC2N)cn1. The Morgan fingerprint density at radius 1 is 1.64 bits per heavy atom. The molecule has 2 atom stereocenters. The number of hydrogen-bond donors (Lipinski definition) is 1. The van der Waals surface area contributed by atoms with Crippen molar-refractivity contribution in [1.82, 2.24) is 9.78 Å². The van der Waals surface area contributed by atoms with Crippen molar-refractivity contribution in [3.8, 4) is 0 Å². The van der Waals surface area contributed by atoms with Crippen LogP contribution in [0.3, 0.4) is 0 Å². The van der Waals surface area contributed by atoms with E-state index in [2.05, 4.69) is 18.9 Å². The minimum atomic E-state index is 0.0440. The van der Waals surface area contributed by atoms with Gasteiger partial charge in [0.05, 0.1) is 6.20 Å². The average Bonchev–Trinajstić information content (AvgIpc) is 2.71. The Balaban J connectivity index is 2.16. The molecule has 0 saturated carbocycles. The molecule has 0 aromatic carbocycles. The maximum absolute atomic E-state index is 5.93. The Kier molecular flexibility index (Phi) is 2.56. The predicted molar refractivity (Wildman–Crippen MR) is 53.9 cm³/mol. The van der Waals surface area contributed by atoms with Crippen molar-refractivity contribution in [2.24, 2.45) is 5.73 Å². The lowest BCUT2D eigenvalue weighted by atomic mass is 10.1. The highest BCUT2D eigenvalue weighted by molar-refractivity contribution is 5.12. The van der Waals surface area contributed by atoms with E-state index >= 15 is 0 Å². The second-order valence-electron chi connectivity index (χ2n) is 4.09. The molecule has 2 rings (SSSR count). The van der Waals surface area contributed by atoms with E-state index in [1.807, 2.05) is 17.1 Å². The maximum atomic E-state index is 5.93. The smallest absolute Gasteiger partial charge is 0.101 e. The van der Waals surface area contributed by atoms with E-state index in [0.29, 0.717) is 6.04 Å². The van der Waals surface area contributed by atoms with E-state index in [1.165, 1.54) is 0 Å². The van der Waals surface area contributed by atoms with Crippen LogP contribution in [0.15, 0.2) is 12.4 Å². The quantitative estimate of drug-likeness (QED) is 0.772. The summed E-state index contributed by atoms with van der Waals surface area (Å²) in [7, 11) is 0. The van der Waals surface area contributed by atoms with Gasteiger partial charge in [-0.05, 0) is 20.3 Å². The third-order valence-electron chi connectivity index (χ3n) is 2.62. The lowest BCUT2D eigenvalue weighted by molar-refractivity contribution is 0.105. The van der Waals surface area contributed by atoms with Crippen LogP contribution in [-0.2, 0) is 4.74 Å². The van der Waals surface area contributed by atoms with Crippen LogP contribution in [0.25, 0.3) is 0 Å². The van der Waals surface area contributed by atoms with Crippen LogP contribution in [0.5, 0.6) is 0 Å². The van der Waals surface area contributed by atoms with E-state index < -0.39 is 0 Å². The molecule has 1 aromatic heterocycles. The molecule has 1 aromatic rings. The van der Waals surface area contributed by atoms with E-state index in [-0.39, 0.29) is 12.1 Å². The van der Waals surface area contributed by atoms with Gasteiger partial charge in [-0.3, -0.25) is 4.68 Å². The van der Waals surface area contributed by atoms with Crippen LogP contribution >= 0.6 is 0 Å². The molecule has 4 nitrogen and oxygen atoms in total. The molecule has 4 heteroatoms. The van der Waals surface area contributed by atoms with Gasteiger partial charge in [-0.15, -0.1) is 0 Å². The third kappa shape index (κ3) is 1.67. The van der Waals surface area contributed by atoms with Crippen molar-refractivity contribution >= 4 is 0 Å². The van der Waals surface area contributed by atoms with Gasteiger partial charge in [0.1, 0.15) is 6.10 Å². The highest BCUT2D eigenvalue weighted by atomic mass is 16.5. The molecule has 14 heavy (non-hydrogen) atoms. The molecule has 2 N–H and O–H groups in total. The second kappa shape index (κ2) is 3.71. The minimum Gasteiger partial charge on any atom is -0.372 e. The Bertz CT molecular complexity index is 308. The number of aromatic nitrogens is 2. The Morgan fingerprint density at radius 3 is 2.93 bits per heavy atom. The Hall–Kier alpha value is -0.870. The first-order valence-electron chi connectivity index (χ1n) is 5.09. The molecule has 2 unspecified atom stereocenters. The van der Waals surface area contributed by atoms with Gasteiger partial charge >= 0.3 is 0 Å². The first-order chi connectivity index (χ1) is 6.68. The highest BCUT2D eigenvalue weighted by Crippen LogP contribution is 2.27. The Labute approximate surface area is 84.0 Å². The van der Waals surface area contributed by atoms with E-state index in [9.17, 15) is 0 Å². The number of hydrogen-bond acceptors (Lipinski definition) is 3. The molecule has 2 heterocycles. The highest BCUT2D eigenvalue weighted by Gasteiger charge is 2.27. The van der Waals surface area contributed by atoms with Gasteiger partial charge in [0.2, 0.25) is 0 Å². The maximum Gasteiger partial charge on any atom is 0.101 e. The largest absolute Gasteiger partial charge is 0.372 e. The van der Waals surface area contributed by atoms with Gasteiger partial charge < -0.3 is 10.5 Å². The number of rotatable bonds is 2. The lowest BCUT2D eigenvalue weighted by Crippen LogP contribution is -2.23. The zero-order valence-electron chi connectivity index (χ0n) is 8.68. The molecule has 1 aliphatic rings. The van der Waals surface area contributed by atoms with Gasteiger partial charge in [0.15, 0.2) is 0 Å². The fourth-order valence-corrected chi connectivity index (χ4v) is 1.73. The monoisotopic (exact) mass is 195 g/mol. The van der Waals surface area contributed by atoms with Crippen molar-refractivity contribution in [2.45, 2.75) is 38.5 Å². The molecule has 1 aliphatic heterocycles. The third-order valence-corrected chi connectivity index (χ3v) is 2.62. The van der Waals surface area contributed by atoms with Crippen molar-refractivity contribution < 1.29 is 4.74 Å². The summed E-state index contributed by atoms with van der Waals surface area (Å²) in [5.74, 6) is 0. The second-order valence-corrected chi connectivity index (χ2v) is 4.09. The molecular formula is C10H17N3O. The summed E-state index contributed by atoms with van der Waals surface area (Å²) in [6, 6.07) is 0.515. The fourth-order valence-electron chi connectivity index (χ4n) is 1.73. The molecular weight excluding hydrogens is 178 g/mol. The molecule has 1 fully saturated rings. The van der Waals surface area contributed by atoms with Crippen LogP contribution in [0.2, 0.25) is 0 Å². The van der Waals surface area contributed by atoms with E-state index in [0.717, 1.165) is 18.6 Å². The number of nitrogens with two attached hydrogens (primary N) is 1. The molecule has 0 radical (unpaired) electrons. The number of nitrogens with zero attached hydrogens (tertiary/aromatic N) is 2. The van der Waals surface area contributed by atoms with Crippen LogP contribution in [-0.4, -0.2) is 22.4 Å². The summed E-state index contributed by atoms with van der Waals surface area (Å²) in [6.45, 7) is 4.97. The molecule has 1 saturated heterocycles. The van der Waals surface area contributed by atoms with Gasteiger partial charge in [-0.25, -0.2) is 0 Å². The van der Waals surface area contributed by atoms with Gasteiger partial charge in [0, 0.05) is 30.5 Å². The van der Waals surface area contributed by atoms with E-state index in [1.54, 1.807) is 0 Å². The van der Waals surface area contributed by atoms with Crippen molar-refractivity contribution in [3.05, 3.63) is 18.0 Å². The summed E-state index contributed by atoms with van der Waals surface area (Å²) >= 11 is 0. The standard InChI is InChI=1S/C10H17N3O/c1-7(2)13-6-8(5-12-13)10-9(11)3-4-14-10/h5-7,9-10H,3-4,11H2,1-2H3. The topological polar surface area (TPSA) is 53.1 Å². The zero-order valence-corrected chi connectivity index (χ0v) is 8.68. The van der Waals surface area contributed by atoms with Gasteiger partial charge in [-0.1, -0.05) is 0 Å². The summed E-state index contributed by atoms with van der Waals surface area (Å²) in [4.78, 5) is 0. The van der Waals surface area contributed by atoms with E-state index in [4.69, 9.17) is 10.5 Å². The molecule has 0 amide bonds. The Morgan fingerprint density at radius 2 is 2.43 bits per heavy atom. The summed E-state index contributed by atoms with van der Waals surface area (Å²) < 4.78 is 7.50. The molecule has 0 aliphatic carbocycles. The minimum absolute atomic E-state index is 0.0440. The van der Waals surface area contributed by atoms with Crippen molar-refractivity contribution in [1.29, 1.82) is 0 Å². The molecule has 78 valence electrons. The van der Waals surface area contributed by atoms with Gasteiger partial charge in [0.25, 0.3) is 0 Å². The van der Waals surface area contributed by atoms with Gasteiger partial charge in [-0.2, -0.15) is 5.10 Å². The predicted octanol–water partition coefficient (Wildman–Crippen LogP) is 1.25. The van der Waals surface area contributed by atoms with Crippen LogP contribution in [0.1, 0.15) is 38.0 Å².